The van der Waals surface area contributed by atoms with Crippen molar-refractivity contribution in [3.63, 3.8) is 0 Å². The molecule has 0 N–H and O–H groups in total. The lowest BCUT2D eigenvalue weighted by molar-refractivity contribution is 0.0975. The van der Waals surface area contributed by atoms with E-state index >= 15 is 0 Å². The summed E-state index contributed by atoms with van der Waals surface area (Å²) in [4.78, 5) is 43.4. The lowest BCUT2D eigenvalue weighted by Crippen LogP contribution is -2.47. The number of hydrogen-bond donors (Lipinski definition) is 0. The van der Waals surface area contributed by atoms with Crippen molar-refractivity contribution in [3.05, 3.63) is 115 Å². The molecule has 1 unspecified atom stereocenters. The third-order valence-corrected chi connectivity index (χ3v) is 7.13. The van der Waals surface area contributed by atoms with Crippen LogP contribution < -0.4 is 16.3 Å². The zero-order chi connectivity index (χ0) is 27.2. The summed E-state index contributed by atoms with van der Waals surface area (Å²) < 4.78 is 20.6. The number of carbonyl (C=O) groups excluding carboxylic acids is 1. The largest absolute Gasteiger partial charge is 0.447 e. The average molecular weight is 557 g/mol. The van der Waals surface area contributed by atoms with Crippen LogP contribution in [0.15, 0.2) is 86.9 Å². The van der Waals surface area contributed by atoms with E-state index in [2.05, 4.69) is 0 Å². The molecule has 196 valence electrons. The Hall–Kier alpha value is -3.82. The van der Waals surface area contributed by atoms with Crippen LogP contribution in [0, 0.1) is 5.82 Å². The summed E-state index contributed by atoms with van der Waals surface area (Å²) >= 11 is 12.3. The Morgan fingerprint density at radius 1 is 0.895 bits per heavy atom. The van der Waals surface area contributed by atoms with E-state index < -0.39 is 29.2 Å². The summed E-state index contributed by atoms with van der Waals surface area (Å²) in [5, 5.41) is 0.729. The van der Waals surface area contributed by atoms with Crippen LogP contribution in [0.1, 0.15) is 25.6 Å². The number of aromatic nitrogens is 2. The standard InChI is InChI=1S/C27H23Cl2FN4O4/c1-27(2)23(34-25(36)33(26(37)38-34)22-8-4-6-19(29)16-22)32(21-7-3-5-18(28)15-21)24(35)31(27)14-13-17-9-11-20(30)12-10-17/h3-12,15-16,23H,13-14H2,1-2H3. The first-order chi connectivity index (χ1) is 18.1. The summed E-state index contributed by atoms with van der Waals surface area (Å²) in [7, 11) is 0. The van der Waals surface area contributed by atoms with Crippen molar-refractivity contribution < 1.29 is 13.7 Å². The van der Waals surface area contributed by atoms with E-state index in [9.17, 15) is 18.8 Å². The van der Waals surface area contributed by atoms with Gasteiger partial charge in [-0.3, -0.25) is 4.90 Å². The smallest absolute Gasteiger partial charge is 0.315 e. The highest BCUT2D eigenvalue weighted by atomic mass is 35.5. The van der Waals surface area contributed by atoms with Crippen molar-refractivity contribution in [2.75, 3.05) is 11.4 Å². The fraction of sp³-hybridized carbons (Fsp3) is 0.222. The molecule has 0 radical (unpaired) electrons. The quantitative estimate of drug-likeness (QED) is 0.314. The van der Waals surface area contributed by atoms with Crippen molar-refractivity contribution in [1.82, 2.24) is 14.2 Å². The Labute approximate surface area is 227 Å². The number of anilines is 1. The topological polar surface area (TPSA) is 80.7 Å². The first-order valence-corrected chi connectivity index (χ1v) is 12.5. The average Bonchev–Trinajstić information content (AvgIpc) is 3.26. The predicted molar refractivity (Wildman–Crippen MR) is 143 cm³/mol. The Kier molecular flexibility index (Phi) is 6.66. The molecule has 1 aromatic heterocycles. The van der Waals surface area contributed by atoms with Gasteiger partial charge in [-0.05, 0) is 74.4 Å². The Morgan fingerprint density at radius 3 is 2.13 bits per heavy atom. The molecule has 11 heteroatoms. The van der Waals surface area contributed by atoms with Crippen LogP contribution in [-0.4, -0.2) is 32.3 Å². The highest BCUT2D eigenvalue weighted by Crippen LogP contribution is 2.42. The molecule has 0 spiro atoms. The Morgan fingerprint density at radius 2 is 1.50 bits per heavy atom. The molecule has 0 bridgehead atoms. The van der Waals surface area contributed by atoms with Gasteiger partial charge in [-0.25, -0.2) is 18.8 Å². The minimum Gasteiger partial charge on any atom is -0.315 e. The van der Waals surface area contributed by atoms with Gasteiger partial charge in [0.25, 0.3) is 0 Å². The Bertz CT molecular complexity index is 1630. The zero-order valence-corrected chi connectivity index (χ0v) is 22.0. The van der Waals surface area contributed by atoms with Crippen LogP contribution in [0.2, 0.25) is 10.0 Å². The minimum atomic E-state index is -1.04. The highest BCUT2D eigenvalue weighted by molar-refractivity contribution is 6.31. The summed E-state index contributed by atoms with van der Waals surface area (Å²) in [6.07, 6.45) is -0.601. The van der Waals surface area contributed by atoms with Gasteiger partial charge >= 0.3 is 17.5 Å². The van der Waals surface area contributed by atoms with Crippen molar-refractivity contribution in [2.24, 2.45) is 0 Å². The maximum atomic E-state index is 13.9. The molecule has 2 heterocycles. The van der Waals surface area contributed by atoms with E-state index in [1.807, 2.05) is 0 Å². The predicted octanol–water partition coefficient (Wildman–Crippen LogP) is 5.50. The number of nitrogens with zero attached hydrogens (tertiary/aromatic N) is 4. The number of carbonyl (C=O) groups is 1. The third-order valence-electron chi connectivity index (χ3n) is 6.66. The van der Waals surface area contributed by atoms with Crippen molar-refractivity contribution in [2.45, 2.75) is 32.0 Å². The van der Waals surface area contributed by atoms with E-state index in [1.165, 1.54) is 23.1 Å². The molecular weight excluding hydrogens is 534 g/mol. The molecule has 4 aromatic rings. The molecule has 1 fully saturated rings. The second-order valence-electron chi connectivity index (χ2n) is 9.47. The molecule has 1 aliphatic rings. The Balaban J connectivity index is 1.61. The minimum absolute atomic E-state index is 0.236. The van der Waals surface area contributed by atoms with Gasteiger partial charge in [0.1, 0.15) is 5.82 Å². The highest BCUT2D eigenvalue weighted by Gasteiger charge is 2.55. The molecule has 1 aliphatic heterocycles. The lowest BCUT2D eigenvalue weighted by atomic mass is 9.99. The van der Waals surface area contributed by atoms with Gasteiger partial charge in [0.2, 0.25) is 0 Å². The van der Waals surface area contributed by atoms with Gasteiger partial charge in [-0.2, -0.15) is 4.57 Å². The maximum absolute atomic E-state index is 13.9. The van der Waals surface area contributed by atoms with E-state index in [0.29, 0.717) is 22.2 Å². The summed E-state index contributed by atoms with van der Waals surface area (Å²) in [6, 6.07) is 18.5. The van der Waals surface area contributed by atoms with Crippen molar-refractivity contribution in [3.8, 4) is 5.69 Å². The zero-order valence-electron chi connectivity index (χ0n) is 20.5. The van der Waals surface area contributed by atoms with Gasteiger partial charge in [-0.1, -0.05) is 47.5 Å². The first kappa shape index (κ1) is 25.8. The van der Waals surface area contributed by atoms with Gasteiger partial charge < -0.3 is 9.42 Å². The summed E-state index contributed by atoms with van der Waals surface area (Å²) in [6.45, 7) is 3.83. The van der Waals surface area contributed by atoms with Gasteiger partial charge in [0.15, 0.2) is 6.17 Å². The number of benzene rings is 3. The van der Waals surface area contributed by atoms with Gasteiger partial charge in [0.05, 0.1) is 11.2 Å². The van der Waals surface area contributed by atoms with Crippen LogP contribution in [0.4, 0.5) is 14.9 Å². The fourth-order valence-corrected chi connectivity index (χ4v) is 5.18. The van der Waals surface area contributed by atoms with Crippen molar-refractivity contribution >= 4 is 34.9 Å². The molecule has 38 heavy (non-hydrogen) atoms. The number of hydrogen-bond acceptors (Lipinski definition) is 4. The molecule has 8 nitrogen and oxygen atoms in total. The molecule has 5 rings (SSSR count). The van der Waals surface area contributed by atoms with E-state index in [1.54, 1.807) is 73.3 Å². The summed E-state index contributed by atoms with van der Waals surface area (Å²) in [5.74, 6) is -1.27. The monoisotopic (exact) mass is 556 g/mol. The molecule has 1 saturated heterocycles. The molecular formula is C27H23Cl2FN4O4. The van der Waals surface area contributed by atoms with Crippen LogP contribution in [0.5, 0.6) is 0 Å². The second kappa shape index (κ2) is 9.81. The van der Waals surface area contributed by atoms with Crippen LogP contribution in [0.3, 0.4) is 0 Å². The van der Waals surface area contributed by atoms with Crippen molar-refractivity contribution in [1.29, 1.82) is 0 Å². The molecule has 3 aromatic carbocycles. The lowest BCUT2D eigenvalue weighted by Gasteiger charge is -2.34. The van der Waals surface area contributed by atoms with Crippen LogP contribution >= 0.6 is 23.2 Å². The normalized spacial score (nSPS) is 16.9. The fourth-order valence-electron chi connectivity index (χ4n) is 4.81. The SMILES string of the molecule is CC1(C)C(n2oc(=O)n(-c3cccc(Cl)c3)c2=O)N(c2cccc(Cl)c2)C(=O)N1CCc1ccc(F)cc1. The molecule has 2 amide bonds. The molecule has 0 saturated carbocycles. The van der Waals surface area contributed by atoms with Crippen LogP contribution in [0.25, 0.3) is 5.69 Å². The summed E-state index contributed by atoms with van der Waals surface area (Å²) in [5.41, 5.74) is -0.298. The third kappa shape index (κ3) is 4.52. The first-order valence-electron chi connectivity index (χ1n) is 11.8. The number of amides is 2. The number of halogens is 3. The molecule has 0 aliphatic carbocycles. The second-order valence-corrected chi connectivity index (χ2v) is 10.3. The van der Waals surface area contributed by atoms with Crippen LogP contribution in [-0.2, 0) is 6.42 Å². The number of rotatable bonds is 6. The maximum Gasteiger partial charge on any atom is 0.447 e. The number of urea groups is 1. The van der Waals surface area contributed by atoms with E-state index in [0.717, 1.165) is 14.9 Å². The molecule has 1 atom stereocenters. The van der Waals surface area contributed by atoms with E-state index in [-0.39, 0.29) is 18.0 Å². The van der Waals surface area contributed by atoms with Gasteiger partial charge in [-0.15, -0.1) is 4.74 Å². The van der Waals surface area contributed by atoms with Gasteiger partial charge in [0, 0.05) is 22.3 Å². The van der Waals surface area contributed by atoms with E-state index in [4.69, 9.17) is 27.7 Å².